The molecule has 0 aromatic heterocycles. The highest BCUT2D eigenvalue weighted by atomic mass is 79.9. The van der Waals surface area contributed by atoms with E-state index >= 15 is 0 Å². The van der Waals surface area contributed by atoms with Crippen LogP contribution in [-0.4, -0.2) is 17.3 Å². The van der Waals surface area contributed by atoms with Crippen LogP contribution in [0, 0.1) is 6.92 Å². The summed E-state index contributed by atoms with van der Waals surface area (Å²) in [6, 6.07) is 13.3. The van der Waals surface area contributed by atoms with Gasteiger partial charge in [-0.3, -0.25) is 0 Å². The van der Waals surface area contributed by atoms with Crippen LogP contribution in [0.15, 0.2) is 46.9 Å². The lowest BCUT2D eigenvalue weighted by Crippen LogP contribution is -1.97. The molecule has 3 aromatic carbocycles. The third-order valence-corrected chi connectivity index (χ3v) is 4.69. The summed E-state index contributed by atoms with van der Waals surface area (Å²) in [5.74, 6) is 0.0715. The zero-order valence-electron chi connectivity index (χ0n) is 12.9. The lowest BCUT2D eigenvalue weighted by molar-refractivity contribution is 0.185. The molecule has 118 valence electrons. The summed E-state index contributed by atoms with van der Waals surface area (Å²) in [5, 5.41) is 23.0. The van der Waals surface area contributed by atoms with E-state index in [9.17, 15) is 10.2 Å². The predicted molar refractivity (Wildman–Crippen MR) is 95.9 cm³/mol. The Balaban J connectivity index is 2.43. The van der Waals surface area contributed by atoms with Gasteiger partial charge in [-0.2, -0.15) is 0 Å². The van der Waals surface area contributed by atoms with Crippen molar-refractivity contribution in [3.8, 4) is 22.6 Å². The van der Waals surface area contributed by atoms with Crippen molar-refractivity contribution in [2.45, 2.75) is 13.5 Å². The van der Waals surface area contributed by atoms with Crippen molar-refractivity contribution < 1.29 is 14.9 Å². The first-order valence-corrected chi connectivity index (χ1v) is 8.05. The minimum Gasteiger partial charge on any atom is -0.507 e. The molecular formula is C19H17BrO3. The van der Waals surface area contributed by atoms with E-state index < -0.39 is 0 Å². The largest absolute Gasteiger partial charge is 0.507 e. The number of fused-ring (bicyclic) bond motifs is 1. The average molecular weight is 373 g/mol. The maximum atomic E-state index is 10.5. The molecule has 0 spiro atoms. The smallest absolute Gasteiger partial charge is 0.141 e. The van der Waals surface area contributed by atoms with Gasteiger partial charge in [0.05, 0.1) is 16.6 Å². The molecule has 3 rings (SSSR count). The molecule has 0 fully saturated rings. The van der Waals surface area contributed by atoms with Gasteiger partial charge in [0.25, 0.3) is 0 Å². The number of benzene rings is 3. The number of phenols is 2. The average Bonchev–Trinajstić information content (AvgIpc) is 2.54. The molecule has 4 heteroatoms. The number of hydrogen-bond donors (Lipinski definition) is 2. The molecule has 3 aromatic rings. The molecule has 0 aliphatic rings. The van der Waals surface area contributed by atoms with Crippen molar-refractivity contribution in [3.63, 3.8) is 0 Å². The van der Waals surface area contributed by atoms with Crippen LogP contribution in [0.4, 0.5) is 0 Å². The minimum atomic E-state index is 0.0285. The van der Waals surface area contributed by atoms with Crippen molar-refractivity contribution in [3.05, 3.63) is 58.1 Å². The Morgan fingerprint density at radius 3 is 2.52 bits per heavy atom. The van der Waals surface area contributed by atoms with Crippen molar-refractivity contribution >= 4 is 26.7 Å². The Morgan fingerprint density at radius 2 is 1.78 bits per heavy atom. The van der Waals surface area contributed by atoms with E-state index in [1.54, 1.807) is 19.2 Å². The standard InChI is InChI=1S/C19H17BrO3/c1-11-14-6-4-3-5-12(14)9-13(10-23-2)17(11)18-16(21)8-7-15(20)19(18)22/h3-9,21-22H,10H2,1-2H3. The number of phenolic OH excluding ortho intramolecular Hbond substituents is 2. The molecule has 0 bridgehead atoms. The number of methoxy groups -OCH3 is 1. The Labute approximate surface area is 143 Å². The second-order valence-electron chi connectivity index (χ2n) is 5.48. The van der Waals surface area contributed by atoms with E-state index in [0.29, 0.717) is 16.6 Å². The lowest BCUT2D eigenvalue weighted by atomic mass is 9.89. The maximum Gasteiger partial charge on any atom is 0.141 e. The maximum absolute atomic E-state index is 10.5. The molecule has 0 aliphatic heterocycles. The van der Waals surface area contributed by atoms with E-state index in [0.717, 1.165) is 27.5 Å². The number of aromatic hydroxyl groups is 2. The van der Waals surface area contributed by atoms with Gasteiger partial charge < -0.3 is 14.9 Å². The fourth-order valence-corrected chi connectivity index (χ4v) is 3.35. The lowest BCUT2D eigenvalue weighted by Gasteiger charge is -2.18. The quantitative estimate of drug-likeness (QED) is 0.669. The van der Waals surface area contributed by atoms with E-state index in [1.165, 1.54) is 0 Å². The van der Waals surface area contributed by atoms with Gasteiger partial charge in [0.15, 0.2) is 0 Å². The Hall–Kier alpha value is -2.04. The van der Waals surface area contributed by atoms with Gasteiger partial charge in [-0.1, -0.05) is 24.3 Å². The number of rotatable bonds is 3. The normalized spacial score (nSPS) is 11.1. The predicted octanol–water partition coefficient (Wildman–Crippen LogP) is 5.14. The second-order valence-corrected chi connectivity index (χ2v) is 6.33. The van der Waals surface area contributed by atoms with E-state index in [-0.39, 0.29) is 11.5 Å². The number of ether oxygens (including phenoxy) is 1. The summed E-state index contributed by atoms with van der Waals surface area (Å²) in [7, 11) is 1.63. The first-order valence-electron chi connectivity index (χ1n) is 7.25. The van der Waals surface area contributed by atoms with Gasteiger partial charge in [-0.05, 0) is 68.5 Å². The fourth-order valence-electron chi connectivity index (χ4n) is 3.02. The van der Waals surface area contributed by atoms with Crippen LogP contribution in [0.3, 0.4) is 0 Å². The topological polar surface area (TPSA) is 49.7 Å². The zero-order chi connectivity index (χ0) is 16.6. The number of aryl methyl sites for hydroxylation is 1. The van der Waals surface area contributed by atoms with Crippen molar-refractivity contribution in [2.24, 2.45) is 0 Å². The molecule has 3 nitrogen and oxygen atoms in total. The minimum absolute atomic E-state index is 0.0285. The summed E-state index contributed by atoms with van der Waals surface area (Å²) >= 11 is 3.32. The summed E-state index contributed by atoms with van der Waals surface area (Å²) in [4.78, 5) is 0. The summed E-state index contributed by atoms with van der Waals surface area (Å²) < 4.78 is 5.87. The fraction of sp³-hybridized carbons (Fsp3) is 0.158. The molecule has 0 amide bonds. The Bertz CT molecular complexity index is 887. The van der Waals surface area contributed by atoms with Crippen LogP contribution in [0.1, 0.15) is 11.1 Å². The van der Waals surface area contributed by atoms with E-state index in [2.05, 4.69) is 15.9 Å². The van der Waals surface area contributed by atoms with Crippen LogP contribution in [-0.2, 0) is 11.3 Å². The van der Waals surface area contributed by atoms with Gasteiger partial charge in [0.1, 0.15) is 11.5 Å². The SMILES string of the molecule is COCc1cc2ccccc2c(C)c1-c1c(O)ccc(Br)c1O. The van der Waals surface area contributed by atoms with Gasteiger partial charge in [0, 0.05) is 7.11 Å². The molecular weight excluding hydrogens is 356 g/mol. The van der Waals surface area contributed by atoms with E-state index in [1.807, 2.05) is 37.3 Å². The number of halogens is 1. The van der Waals surface area contributed by atoms with Crippen LogP contribution in [0.5, 0.6) is 11.5 Å². The van der Waals surface area contributed by atoms with Crippen LogP contribution < -0.4 is 0 Å². The van der Waals surface area contributed by atoms with Gasteiger partial charge in [-0.15, -0.1) is 0 Å². The highest BCUT2D eigenvalue weighted by Gasteiger charge is 2.20. The van der Waals surface area contributed by atoms with Crippen molar-refractivity contribution in [1.82, 2.24) is 0 Å². The molecule has 0 heterocycles. The highest BCUT2D eigenvalue weighted by molar-refractivity contribution is 9.10. The third kappa shape index (κ3) is 2.69. The molecule has 0 radical (unpaired) electrons. The molecule has 0 saturated carbocycles. The van der Waals surface area contributed by atoms with Crippen LogP contribution in [0.2, 0.25) is 0 Å². The first kappa shape index (κ1) is 15.8. The summed E-state index contributed by atoms with van der Waals surface area (Å²) in [6.45, 7) is 2.39. The van der Waals surface area contributed by atoms with Gasteiger partial charge in [-0.25, -0.2) is 0 Å². The monoisotopic (exact) mass is 372 g/mol. The first-order chi connectivity index (χ1) is 11.0. The van der Waals surface area contributed by atoms with Gasteiger partial charge in [0.2, 0.25) is 0 Å². The Kier molecular flexibility index (Phi) is 4.28. The molecule has 23 heavy (non-hydrogen) atoms. The van der Waals surface area contributed by atoms with Crippen molar-refractivity contribution in [2.75, 3.05) is 7.11 Å². The summed E-state index contributed by atoms with van der Waals surface area (Å²) in [5.41, 5.74) is 3.16. The van der Waals surface area contributed by atoms with Gasteiger partial charge >= 0.3 is 0 Å². The molecule has 0 atom stereocenters. The van der Waals surface area contributed by atoms with E-state index in [4.69, 9.17) is 4.74 Å². The van der Waals surface area contributed by atoms with Crippen LogP contribution in [0.25, 0.3) is 21.9 Å². The number of hydrogen-bond acceptors (Lipinski definition) is 3. The third-order valence-electron chi connectivity index (χ3n) is 4.05. The molecule has 0 saturated heterocycles. The summed E-state index contributed by atoms with van der Waals surface area (Å²) in [6.07, 6.45) is 0. The second kappa shape index (κ2) is 6.22. The molecule has 0 unspecified atom stereocenters. The highest BCUT2D eigenvalue weighted by Crippen LogP contribution is 2.46. The molecule has 0 aliphatic carbocycles. The zero-order valence-corrected chi connectivity index (χ0v) is 14.5. The van der Waals surface area contributed by atoms with Crippen molar-refractivity contribution in [1.29, 1.82) is 0 Å². The molecule has 2 N–H and O–H groups in total. The Morgan fingerprint density at radius 1 is 1.04 bits per heavy atom. The van der Waals surface area contributed by atoms with Crippen LogP contribution >= 0.6 is 15.9 Å².